The average Bonchev–Trinajstić information content (AvgIpc) is 3.12. The maximum Gasteiger partial charge on any atom is 0.233 e. The van der Waals surface area contributed by atoms with E-state index in [0.29, 0.717) is 11.4 Å². The molecule has 2 aliphatic heterocycles. The van der Waals surface area contributed by atoms with Gasteiger partial charge in [0.1, 0.15) is 17.2 Å². The van der Waals surface area contributed by atoms with Crippen molar-refractivity contribution in [3.63, 3.8) is 0 Å². The first-order valence-corrected chi connectivity index (χ1v) is 9.04. The third-order valence-corrected chi connectivity index (χ3v) is 6.16. The number of piperidine rings is 1. The van der Waals surface area contributed by atoms with Crippen LogP contribution < -0.4 is 9.64 Å². The molecular formula is C18H19N3O2S. The summed E-state index contributed by atoms with van der Waals surface area (Å²) in [7, 11) is 1.55. The fourth-order valence-corrected chi connectivity index (χ4v) is 4.96. The number of hydrogen-bond donors (Lipinski definition) is 0. The molecular weight excluding hydrogens is 322 g/mol. The highest BCUT2D eigenvalue weighted by Gasteiger charge is 2.42. The second-order valence-electron chi connectivity index (χ2n) is 6.18. The molecule has 4 heterocycles. The van der Waals surface area contributed by atoms with Gasteiger partial charge in [0.25, 0.3) is 0 Å². The first kappa shape index (κ1) is 15.4. The maximum atomic E-state index is 9.49. The van der Waals surface area contributed by atoms with Crippen LogP contribution in [0.1, 0.15) is 28.8 Å². The lowest BCUT2D eigenvalue weighted by atomic mass is 9.85. The van der Waals surface area contributed by atoms with Crippen molar-refractivity contribution in [2.75, 3.05) is 31.7 Å². The van der Waals surface area contributed by atoms with Gasteiger partial charge in [0.15, 0.2) is 0 Å². The third-order valence-electron chi connectivity index (χ3n) is 5.02. The Hall–Kier alpha value is -2.10. The molecule has 1 fully saturated rings. The van der Waals surface area contributed by atoms with E-state index in [-0.39, 0.29) is 5.60 Å². The van der Waals surface area contributed by atoms with Crippen molar-refractivity contribution < 1.29 is 9.47 Å². The summed E-state index contributed by atoms with van der Waals surface area (Å²) in [4.78, 5) is 7.79. The highest BCUT2D eigenvalue weighted by molar-refractivity contribution is 7.10. The zero-order chi connectivity index (χ0) is 16.6. The van der Waals surface area contributed by atoms with Gasteiger partial charge in [0.05, 0.1) is 19.4 Å². The largest absolute Gasteiger partial charge is 0.480 e. The molecule has 0 amide bonds. The van der Waals surface area contributed by atoms with E-state index in [1.54, 1.807) is 13.3 Å². The van der Waals surface area contributed by atoms with E-state index in [0.717, 1.165) is 44.6 Å². The summed E-state index contributed by atoms with van der Waals surface area (Å²) >= 11 is 1.82. The monoisotopic (exact) mass is 341 g/mol. The van der Waals surface area contributed by atoms with Gasteiger partial charge in [-0.2, -0.15) is 5.26 Å². The minimum absolute atomic E-state index is 0.137. The van der Waals surface area contributed by atoms with Crippen molar-refractivity contribution in [2.24, 2.45) is 0 Å². The Morgan fingerprint density at radius 1 is 1.38 bits per heavy atom. The number of ether oxygens (including phenoxy) is 2. The molecule has 0 radical (unpaired) electrons. The van der Waals surface area contributed by atoms with Gasteiger partial charge in [0.2, 0.25) is 5.88 Å². The quantitative estimate of drug-likeness (QED) is 0.840. The minimum atomic E-state index is -0.137. The van der Waals surface area contributed by atoms with E-state index in [4.69, 9.17) is 9.47 Å². The SMILES string of the molecule is COc1nccc(N2CCC3(CC2)OCCc2ccsc23)c1C#N. The van der Waals surface area contributed by atoms with Gasteiger partial charge < -0.3 is 14.4 Å². The normalized spacial score (nSPS) is 18.9. The lowest BCUT2D eigenvalue weighted by Gasteiger charge is -2.44. The van der Waals surface area contributed by atoms with Gasteiger partial charge in [-0.1, -0.05) is 0 Å². The number of fused-ring (bicyclic) bond motifs is 2. The molecule has 4 rings (SSSR count). The van der Waals surface area contributed by atoms with Crippen LogP contribution in [0.4, 0.5) is 5.69 Å². The number of nitrogens with zero attached hydrogens (tertiary/aromatic N) is 3. The van der Waals surface area contributed by atoms with E-state index >= 15 is 0 Å². The Balaban J connectivity index is 1.60. The van der Waals surface area contributed by atoms with Crippen LogP contribution in [0.25, 0.3) is 0 Å². The van der Waals surface area contributed by atoms with Crippen LogP contribution in [0, 0.1) is 11.3 Å². The number of methoxy groups -OCH3 is 1. The lowest BCUT2D eigenvalue weighted by Crippen LogP contribution is -2.46. The molecule has 124 valence electrons. The fraction of sp³-hybridized carbons (Fsp3) is 0.444. The Morgan fingerprint density at radius 3 is 2.96 bits per heavy atom. The summed E-state index contributed by atoms with van der Waals surface area (Å²) in [6, 6.07) is 6.37. The second kappa shape index (κ2) is 6.08. The molecule has 0 aliphatic carbocycles. The standard InChI is InChI=1S/C18H19N3O2S/c1-22-17-14(12-19)15(2-7-20-17)21-8-5-18(6-9-21)16-13(3-10-23-18)4-11-24-16/h2,4,7,11H,3,5-6,8-10H2,1H3. The average molecular weight is 341 g/mol. The molecule has 2 aromatic rings. The smallest absolute Gasteiger partial charge is 0.233 e. The molecule has 0 N–H and O–H groups in total. The van der Waals surface area contributed by atoms with Gasteiger partial charge in [-0.25, -0.2) is 4.98 Å². The van der Waals surface area contributed by atoms with E-state index in [1.165, 1.54) is 10.4 Å². The Bertz CT molecular complexity index is 788. The first-order chi connectivity index (χ1) is 11.8. The molecule has 6 heteroatoms. The van der Waals surface area contributed by atoms with E-state index < -0.39 is 0 Å². The predicted molar refractivity (Wildman–Crippen MR) is 92.6 cm³/mol. The molecule has 1 saturated heterocycles. The predicted octanol–water partition coefficient (Wildman–Crippen LogP) is 3.09. The maximum absolute atomic E-state index is 9.49. The number of nitriles is 1. The molecule has 0 aromatic carbocycles. The van der Waals surface area contributed by atoms with Crippen molar-refractivity contribution in [3.8, 4) is 11.9 Å². The number of pyridine rings is 1. The third kappa shape index (κ3) is 2.36. The van der Waals surface area contributed by atoms with Crippen LogP contribution >= 0.6 is 11.3 Å². The van der Waals surface area contributed by atoms with Crippen molar-refractivity contribution >= 4 is 17.0 Å². The van der Waals surface area contributed by atoms with Crippen molar-refractivity contribution in [1.29, 1.82) is 5.26 Å². The van der Waals surface area contributed by atoms with Gasteiger partial charge in [-0.15, -0.1) is 11.3 Å². The number of rotatable bonds is 2. The fourth-order valence-electron chi connectivity index (χ4n) is 3.79. The molecule has 5 nitrogen and oxygen atoms in total. The highest BCUT2D eigenvalue weighted by atomic mass is 32.1. The van der Waals surface area contributed by atoms with Crippen LogP contribution in [-0.2, 0) is 16.8 Å². The Kier molecular flexibility index (Phi) is 3.91. The van der Waals surface area contributed by atoms with Gasteiger partial charge in [0, 0.05) is 24.2 Å². The molecule has 0 saturated carbocycles. The molecule has 1 spiro atoms. The van der Waals surface area contributed by atoms with Gasteiger partial charge in [-0.3, -0.25) is 0 Å². The highest BCUT2D eigenvalue weighted by Crippen LogP contribution is 2.45. The first-order valence-electron chi connectivity index (χ1n) is 8.16. The zero-order valence-corrected chi connectivity index (χ0v) is 14.4. The lowest BCUT2D eigenvalue weighted by molar-refractivity contribution is -0.0735. The Morgan fingerprint density at radius 2 is 2.21 bits per heavy atom. The molecule has 2 aromatic heterocycles. The molecule has 24 heavy (non-hydrogen) atoms. The number of aromatic nitrogens is 1. The van der Waals surface area contributed by atoms with Crippen LogP contribution in [0.15, 0.2) is 23.7 Å². The summed E-state index contributed by atoms with van der Waals surface area (Å²) in [5, 5.41) is 11.7. The van der Waals surface area contributed by atoms with Crippen LogP contribution in [0.2, 0.25) is 0 Å². The summed E-state index contributed by atoms with van der Waals surface area (Å²) < 4.78 is 11.5. The van der Waals surface area contributed by atoms with Gasteiger partial charge in [-0.05, 0) is 42.3 Å². The van der Waals surface area contributed by atoms with Crippen molar-refractivity contribution in [3.05, 3.63) is 39.7 Å². The summed E-state index contributed by atoms with van der Waals surface area (Å²) in [6.45, 7) is 2.52. The van der Waals surface area contributed by atoms with Crippen LogP contribution in [0.3, 0.4) is 0 Å². The molecule has 2 aliphatic rings. The number of anilines is 1. The summed E-state index contributed by atoms with van der Waals surface area (Å²) in [5.74, 6) is 0.393. The molecule has 0 bridgehead atoms. The van der Waals surface area contributed by atoms with Crippen LogP contribution in [0.5, 0.6) is 5.88 Å². The van der Waals surface area contributed by atoms with E-state index in [1.807, 2.05) is 17.4 Å². The molecule has 0 unspecified atom stereocenters. The summed E-state index contributed by atoms with van der Waals surface area (Å²) in [5.41, 5.74) is 2.73. The molecule has 0 atom stereocenters. The zero-order valence-electron chi connectivity index (χ0n) is 13.6. The van der Waals surface area contributed by atoms with Crippen LogP contribution in [-0.4, -0.2) is 31.8 Å². The van der Waals surface area contributed by atoms with Crippen molar-refractivity contribution in [1.82, 2.24) is 4.98 Å². The van der Waals surface area contributed by atoms with E-state index in [9.17, 15) is 5.26 Å². The van der Waals surface area contributed by atoms with Gasteiger partial charge >= 0.3 is 0 Å². The van der Waals surface area contributed by atoms with Crippen molar-refractivity contribution in [2.45, 2.75) is 24.9 Å². The van der Waals surface area contributed by atoms with E-state index in [2.05, 4.69) is 27.4 Å². The summed E-state index contributed by atoms with van der Waals surface area (Å²) in [6.07, 6.45) is 4.60. The number of thiophene rings is 1. The minimum Gasteiger partial charge on any atom is -0.480 e. The Labute approximate surface area is 145 Å². The number of hydrogen-bond acceptors (Lipinski definition) is 6. The topological polar surface area (TPSA) is 58.4 Å². The second-order valence-corrected chi connectivity index (χ2v) is 7.10.